The van der Waals surface area contributed by atoms with Crippen molar-refractivity contribution in [1.82, 2.24) is 4.98 Å². The molecule has 2 aromatic rings. The molecule has 0 fully saturated rings. The summed E-state index contributed by atoms with van der Waals surface area (Å²) >= 11 is 0. The summed E-state index contributed by atoms with van der Waals surface area (Å²) in [6.45, 7) is 3.76. The smallest absolute Gasteiger partial charge is 0.306 e. The van der Waals surface area contributed by atoms with E-state index in [2.05, 4.69) is 17.1 Å². The quantitative estimate of drug-likeness (QED) is 0.897. The van der Waals surface area contributed by atoms with Gasteiger partial charge in [-0.2, -0.15) is 0 Å². The fourth-order valence-electron chi connectivity index (χ4n) is 1.95. The molecule has 1 N–H and O–H groups in total. The zero-order valence-corrected chi connectivity index (χ0v) is 10.7. The van der Waals surface area contributed by atoms with Crippen LogP contribution in [-0.2, 0) is 11.2 Å². The van der Waals surface area contributed by atoms with Crippen LogP contribution in [0, 0.1) is 12.8 Å². The molecule has 0 spiro atoms. The molecule has 1 aromatic heterocycles. The highest BCUT2D eigenvalue weighted by Gasteiger charge is 2.10. The highest BCUT2D eigenvalue weighted by molar-refractivity contribution is 5.79. The van der Waals surface area contributed by atoms with E-state index in [1.165, 1.54) is 5.56 Å². The predicted molar refractivity (Wildman–Crippen MR) is 71.6 cm³/mol. The third-order valence-corrected chi connectivity index (χ3v) is 3.17. The summed E-state index contributed by atoms with van der Waals surface area (Å²) in [6, 6.07) is 8.23. The van der Waals surface area contributed by atoms with Gasteiger partial charge in [-0.25, -0.2) is 0 Å². The number of carboxylic acid groups (broad SMARTS) is 1. The molecule has 0 aliphatic carbocycles. The van der Waals surface area contributed by atoms with Crippen LogP contribution in [0.15, 0.2) is 30.5 Å². The molecule has 94 valence electrons. The van der Waals surface area contributed by atoms with Crippen molar-refractivity contribution < 1.29 is 9.90 Å². The Morgan fingerprint density at radius 3 is 2.89 bits per heavy atom. The molecule has 0 radical (unpaired) electrons. The Bertz CT molecular complexity index is 578. The van der Waals surface area contributed by atoms with Gasteiger partial charge >= 0.3 is 5.97 Å². The highest BCUT2D eigenvalue weighted by Crippen LogP contribution is 2.17. The van der Waals surface area contributed by atoms with E-state index in [1.54, 1.807) is 6.92 Å². The van der Waals surface area contributed by atoms with Crippen molar-refractivity contribution in [2.75, 3.05) is 0 Å². The average molecular weight is 243 g/mol. The lowest BCUT2D eigenvalue weighted by Crippen LogP contribution is -2.10. The van der Waals surface area contributed by atoms with E-state index in [0.29, 0.717) is 6.42 Å². The Morgan fingerprint density at radius 2 is 2.17 bits per heavy atom. The van der Waals surface area contributed by atoms with Crippen LogP contribution in [0.1, 0.15) is 24.5 Å². The average Bonchev–Trinajstić information content (AvgIpc) is 2.35. The first-order chi connectivity index (χ1) is 8.56. The molecule has 0 saturated heterocycles. The lowest BCUT2D eigenvalue weighted by molar-refractivity contribution is -0.141. The number of nitrogens with zero attached hydrogens (tertiary/aromatic N) is 1. The zero-order valence-electron chi connectivity index (χ0n) is 10.7. The molecule has 2 rings (SSSR count). The van der Waals surface area contributed by atoms with Gasteiger partial charge in [0.2, 0.25) is 0 Å². The van der Waals surface area contributed by atoms with Gasteiger partial charge in [0.15, 0.2) is 0 Å². The largest absolute Gasteiger partial charge is 0.481 e. The minimum Gasteiger partial charge on any atom is -0.481 e. The van der Waals surface area contributed by atoms with Crippen LogP contribution in [0.25, 0.3) is 10.9 Å². The van der Waals surface area contributed by atoms with Crippen LogP contribution < -0.4 is 0 Å². The maximum atomic E-state index is 10.8. The van der Waals surface area contributed by atoms with E-state index in [1.807, 2.05) is 25.3 Å². The molecule has 3 nitrogen and oxygen atoms in total. The summed E-state index contributed by atoms with van der Waals surface area (Å²) in [7, 11) is 0. The molecule has 0 bridgehead atoms. The van der Waals surface area contributed by atoms with E-state index in [-0.39, 0.29) is 5.92 Å². The predicted octanol–water partition coefficient (Wildman–Crippen LogP) is 3.20. The summed E-state index contributed by atoms with van der Waals surface area (Å²) in [4.78, 5) is 15.1. The third kappa shape index (κ3) is 2.86. The molecular formula is C15H17NO2. The number of carboxylic acids is 1. The van der Waals surface area contributed by atoms with E-state index in [4.69, 9.17) is 5.11 Å². The van der Waals surface area contributed by atoms with Crippen LogP contribution >= 0.6 is 0 Å². The molecular weight excluding hydrogens is 226 g/mol. The Hall–Kier alpha value is -1.90. The molecule has 1 atom stereocenters. The van der Waals surface area contributed by atoms with Crippen LogP contribution in [0.2, 0.25) is 0 Å². The number of fused-ring (bicyclic) bond motifs is 1. The number of benzene rings is 1. The first kappa shape index (κ1) is 12.6. The minimum absolute atomic E-state index is 0.295. The van der Waals surface area contributed by atoms with Crippen LogP contribution in [0.4, 0.5) is 0 Å². The molecule has 3 heteroatoms. The number of aliphatic carboxylic acids is 1. The molecule has 0 aliphatic rings. The Morgan fingerprint density at radius 1 is 1.39 bits per heavy atom. The van der Waals surface area contributed by atoms with E-state index >= 15 is 0 Å². The number of hydrogen-bond acceptors (Lipinski definition) is 2. The second-order valence-electron chi connectivity index (χ2n) is 4.82. The van der Waals surface area contributed by atoms with Crippen molar-refractivity contribution in [3.8, 4) is 0 Å². The normalized spacial score (nSPS) is 12.6. The van der Waals surface area contributed by atoms with Crippen LogP contribution in [-0.4, -0.2) is 16.1 Å². The van der Waals surface area contributed by atoms with Crippen molar-refractivity contribution in [2.24, 2.45) is 5.92 Å². The van der Waals surface area contributed by atoms with Gasteiger partial charge in [0.25, 0.3) is 0 Å². The van der Waals surface area contributed by atoms with Gasteiger partial charge in [0, 0.05) is 11.6 Å². The number of carbonyl (C=O) groups is 1. The Kier molecular flexibility index (Phi) is 3.60. The van der Waals surface area contributed by atoms with Crippen molar-refractivity contribution in [3.05, 3.63) is 41.6 Å². The van der Waals surface area contributed by atoms with Gasteiger partial charge in [-0.15, -0.1) is 0 Å². The number of rotatable bonds is 4. The summed E-state index contributed by atoms with van der Waals surface area (Å²) in [5.74, 6) is -1.02. The fourth-order valence-corrected chi connectivity index (χ4v) is 1.95. The molecule has 1 unspecified atom stereocenters. The van der Waals surface area contributed by atoms with Gasteiger partial charge < -0.3 is 5.11 Å². The summed E-state index contributed by atoms with van der Waals surface area (Å²) in [5.41, 5.74) is 3.29. The summed E-state index contributed by atoms with van der Waals surface area (Å²) in [5, 5.41) is 9.98. The lowest BCUT2D eigenvalue weighted by Gasteiger charge is -2.07. The second kappa shape index (κ2) is 5.17. The van der Waals surface area contributed by atoms with Crippen molar-refractivity contribution in [2.45, 2.75) is 26.7 Å². The van der Waals surface area contributed by atoms with Gasteiger partial charge in [0.05, 0.1) is 11.4 Å². The minimum atomic E-state index is -0.728. The number of hydrogen-bond donors (Lipinski definition) is 1. The van der Waals surface area contributed by atoms with E-state index in [9.17, 15) is 4.79 Å². The fraction of sp³-hybridized carbons (Fsp3) is 0.333. The molecule has 0 saturated carbocycles. The SMILES string of the molecule is Cc1cnc2ccc(CCC(C)C(=O)O)cc2c1. The standard InChI is InChI=1S/C15H17NO2/c1-10-7-13-8-12(4-3-11(2)15(17)18)5-6-14(13)16-9-10/h5-9,11H,3-4H2,1-2H3,(H,17,18). The number of aromatic nitrogens is 1. The summed E-state index contributed by atoms with van der Waals surface area (Å²) < 4.78 is 0. The Labute approximate surface area is 106 Å². The molecule has 18 heavy (non-hydrogen) atoms. The van der Waals surface area contributed by atoms with Crippen LogP contribution in [0.5, 0.6) is 0 Å². The Balaban J connectivity index is 2.17. The lowest BCUT2D eigenvalue weighted by atomic mass is 10.00. The van der Waals surface area contributed by atoms with E-state index < -0.39 is 5.97 Å². The third-order valence-electron chi connectivity index (χ3n) is 3.17. The number of aryl methyl sites for hydroxylation is 2. The van der Waals surface area contributed by atoms with Crippen LogP contribution in [0.3, 0.4) is 0 Å². The van der Waals surface area contributed by atoms with Gasteiger partial charge in [0.1, 0.15) is 0 Å². The topological polar surface area (TPSA) is 50.2 Å². The summed E-state index contributed by atoms with van der Waals surface area (Å²) in [6.07, 6.45) is 3.31. The van der Waals surface area contributed by atoms with Gasteiger partial charge in [-0.05, 0) is 49.1 Å². The maximum absolute atomic E-state index is 10.8. The van der Waals surface area contributed by atoms with Gasteiger partial charge in [-0.3, -0.25) is 9.78 Å². The van der Waals surface area contributed by atoms with Crippen molar-refractivity contribution in [3.63, 3.8) is 0 Å². The molecule has 0 aliphatic heterocycles. The number of pyridine rings is 1. The first-order valence-electron chi connectivity index (χ1n) is 6.14. The van der Waals surface area contributed by atoms with Gasteiger partial charge in [-0.1, -0.05) is 13.0 Å². The highest BCUT2D eigenvalue weighted by atomic mass is 16.4. The zero-order chi connectivity index (χ0) is 13.1. The first-order valence-corrected chi connectivity index (χ1v) is 6.14. The van der Waals surface area contributed by atoms with Crippen molar-refractivity contribution in [1.29, 1.82) is 0 Å². The molecule has 1 heterocycles. The van der Waals surface area contributed by atoms with E-state index in [0.717, 1.165) is 22.9 Å². The molecule has 1 aromatic carbocycles. The maximum Gasteiger partial charge on any atom is 0.306 e. The second-order valence-corrected chi connectivity index (χ2v) is 4.82. The monoisotopic (exact) mass is 243 g/mol. The van der Waals surface area contributed by atoms with Crippen molar-refractivity contribution >= 4 is 16.9 Å². The molecule has 0 amide bonds.